The molecule has 2 unspecified atom stereocenters. The molecule has 110 valence electrons. The predicted molar refractivity (Wildman–Crippen MR) is 78.1 cm³/mol. The lowest BCUT2D eigenvalue weighted by Crippen LogP contribution is -2.39. The Morgan fingerprint density at radius 1 is 1.53 bits per heavy atom. The highest BCUT2D eigenvalue weighted by atomic mass is 35.5. The predicted octanol–water partition coefficient (Wildman–Crippen LogP) is 1.68. The molecule has 0 fully saturated rings. The van der Waals surface area contributed by atoms with Crippen LogP contribution in [0, 0.1) is 5.92 Å². The molecule has 0 saturated carbocycles. The van der Waals surface area contributed by atoms with Crippen LogP contribution in [0.25, 0.3) is 0 Å². The van der Waals surface area contributed by atoms with Crippen molar-refractivity contribution < 1.29 is 4.74 Å². The topological polar surface area (TPSA) is 65.1 Å². The van der Waals surface area contributed by atoms with Gasteiger partial charge in [0.1, 0.15) is 0 Å². The molecule has 1 aromatic rings. The molecule has 0 aromatic carbocycles. The van der Waals surface area contributed by atoms with Crippen molar-refractivity contribution in [3.8, 4) is 0 Å². The van der Waals surface area contributed by atoms with Crippen LogP contribution in [0.15, 0.2) is 0 Å². The zero-order valence-corrected chi connectivity index (χ0v) is 13.0. The maximum Gasteiger partial charge on any atom is 0.0850 e. The van der Waals surface area contributed by atoms with Gasteiger partial charge >= 0.3 is 0 Å². The van der Waals surface area contributed by atoms with Gasteiger partial charge in [0.2, 0.25) is 0 Å². The largest absolute Gasteiger partial charge is 0.384 e. The molecule has 2 atom stereocenters. The molecule has 19 heavy (non-hydrogen) atoms. The Morgan fingerprint density at radius 3 is 2.68 bits per heavy atom. The summed E-state index contributed by atoms with van der Waals surface area (Å²) in [4.78, 5) is 0. The standard InChI is InChI=1S/C13H25ClN4O/c1-5-11-13(14)12(18(3)17-11)7-10(16-15)6-9(2)8-19-4/h9-10,16H,5-8,15H2,1-4H3. The van der Waals surface area contributed by atoms with Crippen molar-refractivity contribution in [3.63, 3.8) is 0 Å². The van der Waals surface area contributed by atoms with Crippen LogP contribution in [0.2, 0.25) is 5.02 Å². The third-order valence-electron chi connectivity index (χ3n) is 3.32. The first-order valence-electron chi connectivity index (χ1n) is 6.68. The van der Waals surface area contributed by atoms with Crippen molar-refractivity contribution in [3.05, 3.63) is 16.4 Å². The molecule has 1 rings (SSSR count). The number of aromatic nitrogens is 2. The van der Waals surface area contributed by atoms with Crippen LogP contribution in [0.3, 0.4) is 0 Å². The highest BCUT2D eigenvalue weighted by Gasteiger charge is 2.19. The summed E-state index contributed by atoms with van der Waals surface area (Å²) in [6.07, 6.45) is 2.55. The molecule has 0 amide bonds. The zero-order chi connectivity index (χ0) is 14.4. The van der Waals surface area contributed by atoms with E-state index in [-0.39, 0.29) is 6.04 Å². The van der Waals surface area contributed by atoms with Crippen molar-refractivity contribution in [2.45, 2.75) is 39.2 Å². The summed E-state index contributed by atoms with van der Waals surface area (Å²) in [5.74, 6) is 6.09. The molecule has 0 aliphatic rings. The van der Waals surface area contributed by atoms with E-state index in [1.54, 1.807) is 7.11 Å². The fraction of sp³-hybridized carbons (Fsp3) is 0.769. The first-order chi connectivity index (χ1) is 9.03. The molecule has 1 heterocycles. The van der Waals surface area contributed by atoms with Gasteiger partial charge in [0.05, 0.1) is 16.4 Å². The van der Waals surface area contributed by atoms with Crippen LogP contribution < -0.4 is 11.3 Å². The maximum atomic E-state index is 6.35. The van der Waals surface area contributed by atoms with Crippen molar-refractivity contribution in [2.24, 2.45) is 18.8 Å². The third-order valence-corrected chi connectivity index (χ3v) is 3.75. The van der Waals surface area contributed by atoms with E-state index in [4.69, 9.17) is 22.2 Å². The van der Waals surface area contributed by atoms with E-state index in [1.807, 2.05) is 11.7 Å². The molecule has 0 aliphatic heterocycles. The Balaban J connectivity index is 2.73. The summed E-state index contributed by atoms with van der Waals surface area (Å²) >= 11 is 6.35. The number of hydrogen-bond donors (Lipinski definition) is 2. The molecule has 5 nitrogen and oxygen atoms in total. The summed E-state index contributed by atoms with van der Waals surface area (Å²) in [7, 11) is 3.64. The van der Waals surface area contributed by atoms with Crippen LogP contribution in [0.4, 0.5) is 0 Å². The Kier molecular flexibility index (Phi) is 6.79. The van der Waals surface area contributed by atoms with Gasteiger partial charge in [0.15, 0.2) is 0 Å². The second-order valence-corrected chi connectivity index (χ2v) is 5.43. The average molecular weight is 289 g/mol. The molecule has 1 aromatic heterocycles. The van der Waals surface area contributed by atoms with Crippen molar-refractivity contribution in [1.29, 1.82) is 0 Å². The number of nitrogens with zero attached hydrogens (tertiary/aromatic N) is 2. The Morgan fingerprint density at radius 2 is 2.21 bits per heavy atom. The number of ether oxygens (including phenoxy) is 1. The molecule has 0 aliphatic carbocycles. The van der Waals surface area contributed by atoms with Crippen molar-refractivity contribution in [1.82, 2.24) is 15.2 Å². The molecule has 6 heteroatoms. The van der Waals surface area contributed by atoms with Gasteiger partial charge in [-0.15, -0.1) is 0 Å². The van der Waals surface area contributed by atoms with E-state index in [1.165, 1.54) is 0 Å². The summed E-state index contributed by atoms with van der Waals surface area (Å²) in [6.45, 7) is 4.94. The number of rotatable bonds is 8. The quantitative estimate of drug-likeness (QED) is 0.564. The number of hydrogen-bond acceptors (Lipinski definition) is 4. The van der Waals surface area contributed by atoms with Crippen LogP contribution in [0.1, 0.15) is 31.7 Å². The van der Waals surface area contributed by atoms with Gasteiger partial charge in [0.25, 0.3) is 0 Å². The fourth-order valence-electron chi connectivity index (χ4n) is 2.32. The summed E-state index contributed by atoms with van der Waals surface area (Å²) in [6, 6.07) is 0.169. The number of hydrazine groups is 1. The monoisotopic (exact) mass is 288 g/mol. The molecule has 0 saturated heterocycles. The van der Waals surface area contributed by atoms with Gasteiger partial charge in [-0.1, -0.05) is 25.4 Å². The Bertz CT molecular complexity index is 394. The SMILES string of the molecule is CCc1nn(C)c(CC(CC(C)COC)NN)c1Cl. The molecule has 0 spiro atoms. The van der Waals surface area contributed by atoms with Gasteiger partial charge in [-0.2, -0.15) is 5.10 Å². The van der Waals surface area contributed by atoms with Gasteiger partial charge in [-0.05, 0) is 18.8 Å². The molecular weight excluding hydrogens is 264 g/mol. The summed E-state index contributed by atoms with van der Waals surface area (Å²) in [5, 5.41) is 5.19. The van der Waals surface area contributed by atoms with Gasteiger partial charge in [0, 0.05) is 33.2 Å². The third kappa shape index (κ3) is 4.45. The van der Waals surface area contributed by atoms with Crippen LogP contribution in [-0.2, 0) is 24.6 Å². The fourth-order valence-corrected chi connectivity index (χ4v) is 2.69. The minimum Gasteiger partial charge on any atom is -0.384 e. The summed E-state index contributed by atoms with van der Waals surface area (Å²) in [5.41, 5.74) is 4.84. The second kappa shape index (κ2) is 7.85. The van der Waals surface area contributed by atoms with Crippen molar-refractivity contribution in [2.75, 3.05) is 13.7 Å². The molecular formula is C13H25ClN4O. The van der Waals surface area contributed by atoms with Crippen molar-refractivity contribution >= 4 is 11.6 Å². The smallest absolute Gasteiger partial charge is 0.0850 e. The number of aryl methyl sites for hydroxylation is 2. The molecule has 0 bridgehead atoms. The van der Waals surface area contributed by atoms with E-state index >= 15 is 0 Å². The Hall–Kier alpha value is -0.620. The number of halogens is 1. The lowest BCUT2D eigenvalue weighted by atomic mass is 9.99. The number of nitrogens with two attached hydrogens (primary N) is 1. The summed E-state index contributed by atoms with van der Waals surface area (Å²) < 4.78 is 7.01. The van der Waals surface area contributed by atoms with Gasteiger partial charge in [-0.3, -0.25) is 16.0 Å². The normalized spacial score (nSPS) is 14.6. The minimum atomic E-state index is 0.169. The Labute approximate surface area is 120 Å². The zero-order valence-electron chi connectivity index (χ0n) is 12.2. The number of methoxy groups -OCH3 is 1. The maximum absolute atomic E-state index is 6.35. The van der Waals surface area contributed by atoms with E-state index in [9.17, 15) is 0 Å². The van der Waals surface area contributed by atoms with Crippen LogP contribution in [-0.4, -0.2) is 29.5 Å². The minimum absolute atomic E-state index is 0.169. The second-order valence-electron chi connectivity index (χ2n) is 5.05. The van der Waals surface area contributed by atoms with Crippen LogP contribution in [0.5, 0.6) is 0 Å². The highest BCUT2D eigenvalue weighted by Crippen LogP contribution is 2.23. The lowest BCUT2D eigenvalue weighted by Gasteiger charge is -2.20. The van der Waals surface area contributed by atoms with E-state index in [0.717, 1.165) is 42.3 Å². The van der Waals surface area contributed by atoms with Crippen LogP contribution >= 0.6 is 11.6 Å². The lowest BCUT2D eigenvalue weighted by molar-refractivity contribution is 0.149. The first-order valence-corrected chi connectivity index (χ1v) is 7.06. The molecule has 3 N–H and O–H groups in total. The first kappa shape index (κ1) is 16.4. The average Bonchev–Trinajstić information content (AvgIpc) is 2.65. The van der Waals surface area contributed by atoms with Gasteiger partial charge < -0.3 is 4.74 Å². The highest BCUT2D eigenvalue weighted by molar-refractivity contribution is 6.31. The van der Waals surface area contributed by atoms with E-state index in [2.05, 4.69) is 24.4 Å². The number of nitrogens with one attached hydrogen (secondary N) is 1. The molecule has 0 radical (unpaired) electrons. The van der Waals surface area contributed by atoms with E-state index in [0.29, 0.717) is 5.92 Å². The van der Waals surface area contributed by atoms with E-state index < -0.39 is 0 Å². The van der Waals surface area contributed by atoms with Gasteiger partial charge in [-0.25, -0.2) is 0 Å².